The van der Waals surface area contributed by atoms with Crippen LogP contribution >= 0.6 is 0 Å². The molecule has 0 aliphatic rings. The topological polar surface area (TPSA) is 55.8 Å². The number of carbonyl (C=O) groups excluding carboxylic acids is 2. The molecule has 0 bridgehead atoms. The predicted molar refractivity (Wildman–Crippen MR) is 96.8 cm³/mol. The Morgan fingerprint density at radius 2 is 1.42 bits per heavy atom. The van der Waals surface area contributed by atoms with Gasteiger partial charge >= 0.3 is 11.9 Å². The van der Waals surface area contributed by atoms with E-state index in [9.17, 15) is 9.59 Å². The number of nitrogens with zero attached hydrogens (tertiary/aromatic N) is 1. The molecule has 0 saturated heterocycles. The number of hydrogen-bond acceptors (Lipinski definition) is 5. The molecule has 5 nitrogen and oxygen atoms in total. The lowest BCUT2D eigenvalue weighted by Gasteiger charge is -2.33. The van der Waals surface area contributed by atoms with Crippen LogP contribution < -0.4 is 0 Å². The van der Waals surface area contributed by atoms with Crippen molar-refractivity contribution >= 4 is 11.9 Å². The summed E-state index contributed by atoms with van der Waals surface area (Å²) in [7, 11) is 0. The summed E-state index contributed by atoms with van der Waals surface area (Å²) in [6, 6.07) is 0. The smallest absolute Gasteiger partial charge is 0.311 e. The van der Waals surface area contributed by atoms with Crippen molar-refractivity contribution in [3.8, 4) is 0 Å². The van der Waals surface area contributed by atoms with E-state index in [1.165, 1.54) is 0 Å². The second-order valence-electron chi connectivity index (χ2n) is 7.27. The van der Waals surface area contributed by atoms with Crippen molar-refractivity contribution in [1.29, 1.82) is 0 Å². The quantitative estimate of drug-likeness (QED) is 0.506. The Kier molecular flexibility index (Phi) is 10.2. The van der Waals surface area contributed by atoms with Crippen LogP contribution in [-0.4, -0.2) is 49.7 Å². The van der Waals surface area contributed by atoms with E-state index in [-0.39, 0.29) is 11.9 Å². The largest absolute Gasteiger partial charge is 0.465 e. The van der Waals surface area contributed by atoms with Crippen LogP contribution in [0.2, 0.25) is 0 Å². The minimum atomic E-state index is -0.723. The van der Waals surface area contributed by atoms with E-state index < -0.39 is 10.8 Å². The summed E-state index contributed by atoms with van der Waals surface area (Å²) >= 11 is 0. The molecule has 0 heterocycles. The maximum atomic E-state index is 12.5. The van der Waals surface area contributed by atoms with Crippen molar-refractivity contribution in [2.45, 2.75) is 67.7 Å². The maximum Gasteiger partial charge on any atom is 0.311 e. The Bertz CT molecular complexity index is 391. The Morgan fingerprint density at radius 1 is 0.875 bits per heavy atom. The summed E-state index contributed by atoms with van der Waals surface area (Å²) in [6.45, 7) is 17.1. The normalized spacial score (nSPS) is 14.3. The van der Waals surface area contributed by atoms with Crippen molar-refractivity contribution in [3.05, 3.63) is 0 Å². The first-order valence-corrected chi connectivity index (χ1v) is 9.23. The van der Waals surface area contributed by atoms with Gasteiger partial charge in [0.05, 0.1) is 17.4 Å². The molecule has 24 heavy (non-hydrogen) atoms. The highest BCUT2D eigenvalue weighted by molar-refractivity contribution is 5.80. The second-order valence-corrected chi connectivity index (χ2v) is 7.27. The van der Waals surface area contributed by atoms with Gasteiger partial charge in [-0.1, -0.05) is 27.7 Å². The van der Waals surface area contributed by atoms with Crippen molar-refractivity contribution < 1.29 is 19.1 Å². The predicted octanol–water partition coefficient (Wildman–Crippen LogP) is 3.66. The fourth-order valence-electron chi connectivity index (χ4n) is 2.76. The molecule has 0 rings (SSSR count). The number of hydrogen-bond donors (Lipinski definition) is 0. The van der Waals surface area contributed by atoms with Gasteiger partial charge in [-0.2, -0.15) is 0 Å². The average Bonchev–Trinajstić information content (AvgIpc) is 2.55. The second kappa shape index (κ2) is 10.7. The van der Waals surface area contributed by atoms with Crippen LogP contribution in [0.4, 0.5) is 0 Å². The molecular weight excluding hydrogens is 306 g/mol. The molecule has 0 amide bonds. The summed E-state index contributed by atoms with van der Waals surface area (Å²) in [5, 5.41) is 0. The molecule has 1 unspecified atom stereocenters. The highest BCUT2D eigenvalue weighted by Gasteiger charge is 2.42. The Hall–Kier alpha value is -1.10. The molecule has 0 aromatic carbocycles. The van der Waals surface area contributed by atoms with Crippen LogP contribution in [0.15, 0.2) is 0 Å². The van der Waals surface area contributed by atoms with Gasteiger partial charge in [0, 0.05) is 6.54 Å². The standard InChI is InChI=1S/C19H37NO4/c1-8-13-23-17(22)19(7,9-2)15-18(5,6)16(21)24-14-12-20(10-3)11-4/h8-15H2,1-7H3. The molecule has 5 heteroatoms. The fourth-order valence-corrected chi connectivity index (χ4v) is 2.76. The summed E-state index contributed by atoms with van der Waals surface area (Å²) in [5.41, 5.74) is -1.39. The van der Waals surface area contributed by atoms with E-state index in [0.29, 0.717) is 26.1 Å². The molecule has 0 spiro atoms. The molecule has 0 aliphatic carbocycles. The van der Waals surface area contributed by atoms with Crippen LogP contribution in [-0.2, 0) is 19.1 Å². The van der Waals surface area contributed by atoms with E-state index in [2.05, 4.69) is 18.7 Å². The van der Waals surface area contributed by atoms with Crippen molar-refractivity contribution in [2.24, 2.45) is 10.8 Å². The minimum Gasteiger partial charge on any atom is -0.465 e. The third kappa shape index (κ3) is 7.20. The third-order valence-corrected chi connectivity index (χ3v) is 4.63. The van der Waals surface area contributed by atoms with Gasteiger partial charge in [0.1, 0.15) is 6.61 Å². The molecule has 0 aliphatic heterocycles. The first-order chi connectivity index (χ1) is 11.2. The van der Waals surface area contributed by atoms with Crippen molar-refractivity contribution in [2.75, 3.05) is 32.8 Å². The third-order valence-electron chi connectivity index (χ3n) is 4.63. The Balaban J connectivity index is 4.71. The Morgan fingerprint density at radius 3 is 1.88 bits per heavy atom. The molecule has 0 aromatic rings. The lowest BCUT2D eigenvalue weighted by Crippen LogP contribution is -2.39. The van der Waals surface area contributed by atoms with E-state index in [1.54, 1.807) is 0 Å². The van der Waals surface area contributed by atoms with E-state index in [4.69, 9.17) is 9.47 Å². The summed E-state index contributed by atoms with van der Waals surface area (Å²) in [5.74, 6) is -0.478. The molecular formula is C19H37NO4. The maximum absolute atomic E-state index is 12.5. The molecule has 0 fully saturated rings. The monoisotopic (exact) mass is 343 g/mol. The van der Waals surface area contributed by atoms with E-state index >= 15 is 0 Å². The van der Waals surface area contributed by atoms with Crippen molar-refractivity contribution in [1.82, 2.24) is 4.90 Å². The SMILES string of the molecule is CCCOC(=O)C(C)(CC)CC(C)(C)C(=O)OCCN(CC)CC. The fraction of sp³-hybridized carbons (Fsp3) is 0.895. The minimum absolute atomic E-state index is 0.226. The van der Waals surface area contributed by atoms with Gasteiger partial charge in [0.15, 0.2) is 0 Å². The van der Waals surface area contributed by atoms with Crippen molar-refractivity contribution in [3.63, 3.8) is 0 Å². The van der Waals surface area contributed by atoms with E-state index in [0.717, 1.165) is 26.1 Å². The summed E-state index contributed by atoms with van der Waals surface area (Å²) in [6.07, 6.45) is 1.84. The first-order valence-electron chi connectivity index (χ1n) is 9.23. The summed E-state index contributed by atoms with van der Waals surface area (Å²) in [4.78, 5) is 27.0. The lowest BCUT2D eigenvalue weighted by atomic mass is 9.72. The summed E-state index contributed by atoms with van der Waals surface area (Å²) < 4.78 is 10.8. The zero-order valence-electron chi connectivity index (χ0n) is 16.7. The number of carbonyl (C=O) groups is 2. The lowest BCUT2D eigenvalue weighted by molar-refractivity contribution is -0.163. The molecule has 1 atom stereocenters. The molecule has 0 radical (unpaired) electrons. The van der Waals surface area contributed by atoms with Gasteiger partial charge in [0.25, 0.3) is 0 Å². The van der Waals surface area contributed by atoms with Crippen LogP contribution in [0.5, 0.6) is 0 Å². The number of likely N-dealkylation sites (N-methyl/N-ethyl adjacent to an activating group) is 1. The van der Waals surface area contributed by atoms with Gasteiger partial charge in [-0.25, -0.2) is 0 Å². The molecule has 0 aromatic heterocycles. The molecule has 0 saturated carbocycles. The Labute approximate surface area is 148 Å². The highest BCUT2D eigenvalue weighted by atomic mass is 16.5. The number of esters is 2. The van der Waals surface area contributed by atoms with Gasteiger partial charge in [-0.3, -0.25) is 9.59 Å². The number of ether oxygens (including phenoxy) is 2. The molecule has 0 N–H and O–H groups in total. The van der Waals surface area contributed by atoms with Crippen LogP contribution in [0.1, 0.15) is 67.7 Å². The molecule has 142 valence electrons. The van der Waals surface area contributed by atoms with Gasteiger partial charge in [0.2, 0.25) is 0 Å². The van der Waals surface area contributed by atoms with E-state index in [1.807, 2.05) is 34.6 Å². The van der Waals surface area contributed by atoms with Crippen LogP contribution in [0.3, 0.4) is 0 Å². The number of rotatable bonds is 12. The van der Waals surface area contributed by atoms with Gasteiger partial charge in [-0.05, 0) is 53.1 Å². The van der Waals surface area contributed by atoms with Crippen LogP contribution in [0.25, 0.3) is 0 Å². The van der Waals surface area contributed by atoms with Gasteiger partial charge in [-0.15, -0.1) is 0 Å². The average molecular weight is 344 g/mol. The van der Waals surface area contributed by atoms with Gasteiger partial charge < -0.3 is 14.4 Å². The highest BCUT2D eigenvalue weighted by Crippen LogP contribution is 2.38. The first kappa shape index (κ1) is 22.9. The zero-order chi connectivity index (χ0) is 18.8. The zero-order valence-corrected chi connectivity index (χ0v) is 16.7. The van der Waals surface area contributed by atoms with Crippen LogP contribution in [0, 0.1) is 10.8 Å².